The van der Waals surface area contributed by atoms with Crippen LogP contribution in [-0.2, 0) is 10.3 Å². The van der Waals surface area contributed by atoms with Gasteiger partial charge in [-0.15, -0.1) is 0 Å². The van der Waals surface area contributed by atoms with Crippen LogP contribution < -0.4 is 5.32 Å². The molecule has 2 N–H and O–H groups in total. The zero-order valence-corrected chi connectivity index (χ0v) is 15.5. The van der Waals surface area contributed by atoms with E-state index >= 15 is 0 Å². The monoisotopic (exact) mass is 398 g/mol. The predicted molar refractivity (Wildman–Crippen MR) is 100 cm³/mol. The van der Waals surface area contributed by atoms with Crippen molar-refractivity contribution < 1.29 is 4.79 Å². The molecule has 1 atom stereocenters. The quantitative estimate of drug-likeness (QED) is 0.830. The van der Waals surface area contributed by atoms with Gasteiger partial charge in [-0.25, -0.2) is 0 Å². The number of hydrogen-bond donors (Lipinski definition) is 2. The zero-order valence-electron chi connectivity index (χ0n) is 13.9. The lowest BCUT2D eigenvalue weighted by Gasteiger charge is -2.41. The van der Waals surface area contributed by atoms with E-state index in [1.54, 1.807) is 13.2 Å². The van der Waals surface area contributed by atoms with E-state index in [9.17, 15) is 4.79 Å². The van der Waals surface area contributed by atoms with E-state index in [4.69, 9.17) is 5.41 Å². The van der Waals surface area contributed by atoms with Crippen LogP contribution in [0.1, 0.15) is 24.8 Å². The third-order valence-electron chi connectivity index (χ3n) is 5.37. The van der Waals surface area contributed by atoms with Gasteiger partial charge in [0.2, 0.25) is 0 Å². The first-order valence-electron chi connectivity index (χ1n) is 8.39. The van der Waals surface area contributed by atoms with E-state index < -0.39 is 5.54 Å². The van der Waals surface area contributed by atoms with Gasteiger partial charge in [0.25, 0.3) is 5.91 Å². The Morgan fingerprint density at radius 2 is 2.08 bits per heavy atom. The van der Waals surface area contributed by atoms with Gasteiger partial charge < -0.3 is 5.32 Å². The van der Waals surface area contributed by atoms with Crippen molar-refractivity contribution in [1.29, 1.82) is 5.41 Å². The SMILES string of the molecule is CN1C(=N)NC(c2cccc(-c3cncc(Br)c3)c2)(C2CCC2)C1=O. The number of nitrogens with one attached hydrogen (secondary N) is 2. The Labute approximate surface area is 155 Å². The van der Waals surface area contributed by atoms with Gasteiger partial charge >= 0.3 is 0 Å². The first-order valence-corrected chi connectivity index (χ1v) is 9.18. The van der Waals surface area contributed by atoms with Crippen LogP contribution in [0.15, 0.2) is 47.2 Å². The molecule has 25 heavy (non-hydrogen) atoms. The van der Waals surface area contributed by atoms with Gasteiger partial charge in [-0.3, -0.25) is 20.1 Å². The van der Waals surface area contributed by atoms with Gasteiger partial charge in [-0.2, -0.15) is 0 Å². The summed E-state index contributed by atoms with van der Waals surface area (Å²) in [6.07, 6.45) is 6.71. The van der Waals surface area contributed by atoms with Crippen molar-refractivity contribution in [3.8, 4) is 11.1 Å². The fourth-order valence-electron chi connectivity index (χ4n) is 3.75. The topological polar surface area (TPSA) is 69.1 Å². The molecule has 5 nitrogen and oxygen atoms in total. The molecule has 2 fully saturated rings. The summed E-state index contributed by atoms with van der Waals surface area (Å²) in [5.74, 6) is 0.360. The Balaban J connectivity index is 1.83. The molecule has 128 valence electrons. The van der Waals surface area contributed by atoms with Gasteiger partial charge in [-0.05, 0) is 57.9 Å². The molecule has 6 heteroatoms. The normalized spacial score (nSPS) is 23.5. The van der Waals surface area contributed by atoms with Crippen LogP contribution in [-0.4, -0.2) is 28.8 Å². The van der Waals surface area contributed by atoms with E-state index in [0.717, 1.165) is 40.4 Å². The molecule has 2 aliphatic rings. The van der Waals surface area contributed by atoms with Gasteiger partial charge in [0.15, 0.2) is 5.96 Å². The van der Waals surface area contributed by atoms with Crippen LogP contribution in [0.5, 0.6) is 0 Å². The summed E-state index contributed by atoms with van der Waals surface area (Å²) in [7, 11) is 1.67. The molecule has 1 aliphatic carbocycles. The molecule has 1 aromatic carbocycles. The molecule has 4 rings (SSSR count). The number of aromatic nitrogens is 1. The summed E-state index contributed by atoms with van der Waals surface area (Å²) < 4.78 is 0.917. The first-order chi connectivity index (χ1) is 12.0. The number of pyridine rings is 1. The van der Waals surface area contributed by atoms with E-state index in [2.05, 4.69) is 32.3 Å². The lowest BCUT2D eigenvalue weighted by molar-refractivity contribution is -0.134. The van der Waals surface area contributed by atoms with Crippen LogP contribution in [0.25, 0.3) is 11.1 Å². The van der Waals surface area contributed by atoms with Crippen LogP contribution >= 0.6 is 15.9 Å². The molecule has 1 saturated carbocycles. The maximum absolute atomic E-state index is 13.1. The van der Waals surface area contributed by atoms with Gasteiger partial charge in [-0.1, -0.05) is 24.6 Å². The van der Waals surface area contributed by atoms with Gasteiger partial charge in [0.1, 0.15) is 5.54 Å². The number of amides is 1. The van der Waals surface area contributed by atoms with E-state index in [1.165, 1.54) is 4.90 Å². The molecule has 1 saturated heterocycles. The second-order valence-corrected chi connectivity index (χ2v) is 7.66. The van der Waals surface area contributed by atoms with Crippen molar-refractivity contribution in [1.82, 2.24) is 15.2 Å². The highest BCUT2D eigenvalue weighted by molar-refractivity contribution is 9.10. The Hall–Kier alpha value is -2.21. The summed E-state index contributed by atoms with van der Waals surface area (Å²) in [5.41, 5.74) is 2.11. The van der Waals surface area contributed by atoms with Crippen LogP contribution in [0.4, 0.5) is 0 Å². The minimum Gasteiger partial charge on any atom is -0.338 e. The highest BCUT2D eigenvalue weighted by Gasteiger charge is 2.56. The van der Waals surface area contributed by atoms with Crippen LogP contribution in [0.3, 0.4) is 0 Å². The molecule has 2 heterocycles. The highest BCUT2D eigenvalue weighted by Crippen LogP contribution is 2.46. The Kier molecular flexibility index (Phi) is 3.87. The summed E-state index contributed by atoms with van der Waals surface area (Å²) in [6.45, 7) is 0. The molecule has 0 spiro atoms. The molecule has 0 bridgehead atoms. The number of carbonyl (C=O) groups is 1. The van der Waals surface area contributed by atoms with Crippen molar-refractivity contribution >= 4 is 27.8 Å². The number of benzene rings is 1. The minimum absolute atomic E-state index is 0.0354. The molecule has 2 aromatic rings. The number of guanidine groups is 1. The largest absolute Gasteiger partial charge is 0.338 e. The maximum Gasteiger partial charge on any atom is 0.259 e. The number of hydrogen-bond acceptors (Lipinski definition) is 3. The Bertz CT molecular complexity index is 864. The average molecular weight is 399 g/mol. The molecular weight excluding hydrogens is 380 g/mol. The molecule has 1 aliphatic heterocycles. The van der Waals surface area contributed by atoms with Crippen molar-refractivity contribution in [3.63, 3.8) is 0 Å². The number of carbonyl (C=O) groups excluding carboxylic acids is 1. The fourth-order valence-corrected chi connectivity index (χ4v) is 4.12. The summed E-state index contributed by atoms with van der Waals surface area (Å²) in [5, 5.41) is 11.3. The average Bonchev–Trinajstić information content (AvgIpc) is 2.79. The third-order valence-corrected chi connectivity index (χ3v) is 5.80. The molecule has 0 radical (unpaired) electrons. The van der Waals surface area contributed by atoms with Crippen molar-refractivity contribution in [2.24, 2.45) is 5.92 Å². The van der Waals surface area contributed by atoms with E-state index in [1.807, 2.05) is 30.5 Å². The zero-order chi connectivity index (χ0) is 17.6. The molecule has 1 aromatic heterocycles. The van der Waals surface area contributed by atoms with Crippen molar-refractivity contribution in [2.45, 2.75) is 24.8 Å². The minimum atomic E-state index is -0.820. The lowest BCUT2D eigenvalue weighted by atomic mass is 9.67. The smallest absolute Gasteiger partial charge is 0.259 e. The number of halogens is 1. The second kappa shape index (κ2) is 5.95. The summed E-state index contributed by atoms with van der Waals surface area (Å²) >= 11 is 3.46. The van der Waals surface area contributed by atoms with Crippen molar-refractivity contribution in [2.75, 3.05) is 7.05 Å². The van der Waals surface area contributed by atoms with Crippen LogP contribution in [0.2, 0.25) is 0 Å². The van der Waals surface area contributed by atoms with Crippen LogP contribution in [0, 0.1) is 11.3 Å². The lowest BCUT2D eigenvalue weighted by Crippen LogP contribution is -2.52. The first kappa shape index (κ1) is 16.3. The number of rotatable bonds is 3. The molecular formula is C19H19BrN4O. The molecule has 1 amide bonds. The van der Waals surface area contributed by atoms with E-state index in [0.29, 0.717) is 0 Å². The summed E-state index contributed by atoms with van der Waals surface area (Å²) in [6, 6.07) is 10.1. The summed E-state index contributed by atoms with van der Waals surface area (Å²) in [4.78, 5) is 18.7. The van der Waals surface area contributed by atoms with Crippen molar-refractivity contribution in [3.05, 3.63) is 52.8 Å². The highest BCUT2D eigenvalue weighted by atomic mass is 79.9. The Morgan fingerprint density at radius 1 is 1.28 bits per heavy atom. The fraction of sp³-hybridized carbons (Fsp3) is 0.316. The maximum atomic E-state index is 13.1. The van der Waals surface area contributed by atoms with Gasteiger partial charge in [0.05, 0.1) is 0 Å². The molecule has 1 unspecified atom stereocenters. The Morgan fingerprint density at radius 3 is 2.68 bits per heavy atom. The van der Waals surface area contributed by atoms with Gasteiger partial charge in [0, 0.05) is 29.5 Å². The van der Waals surface area contributed by atoms with E-state index in [-0.39, 0.29) is 17.8 Å². The number of likely N-dealkylation sites (N-methyl/N-ethyl adjacent to an activating group) is 1. The standard InChI is InChI=1S/C19H19BrN4O/c1-24-17(25)19(23-18(24)21,14-5-3-6-14)15-7-2-4-12(8-15)13-9-16(20)11-22-10-13/h2,4,7-11,14H,3,5-6H2,1H3,(H2,21,23). The number of nitrogens with zero attached hydrogens (tertiary/aromatic N) is 2. The predicted octanol–water partition coefficient (Wildman–Crippen LogP) is 3.50. The third kappa shape index (κ3) is 2.47. The second-order valence-electron chi connectivity index (χ2n) is 6.75.